The smallest absolute Gasteiger partial charge is 0.305 e. The van der Waals surface area contributed by atoms with Gasteiger partial charge in [-0.3, -0.25) is 14.5 Å². The van der Waals surface area contributed by atoms with Crippen molar-refractivity contribution in [1.82, 2.24) is 4.90 Å². The van der Waals surface area contributed by atoms with E-state index in [2.05, 4.69) is 32.6 Å². The average Bonchev–Trinajstić information content (AvgIpc) is 3.22. The second-order valence-corrected chi connectivity index (χ2v) is 18.5. The van der Waals surface area contributed by atoms with Gasteiger partial charge in [0.05, 0.1) is 26.4 Å². The van der Waals surface area contributed by atoms with Crippen LogP contribution in [0.3, 0.4) is 0 Å². The first kappa shape index (κ1) is 54.9. The molecule has 6 nitrogen and oxygen atoms in total. The van der Waals surface area contributed by atoms with Crippen molar-refractivity contribution in [2.45, 2.75) is 259 Å². The Morgan fingerprint density at radius 2 is 0.724 bits per heavy atom. The summed E-state index contributed by atoms with van der Waals surface area (Å²) in [7, 11) is 0. The average molecular weight is 820 g/mol. The van der Waals surface area contributed by atoms with Crippen LogP contribution >= 0.6 is 0 Å². The maximum absolute atomic E-state index is 12.4. The Labute approximate surface area is 362 Å². The van der Waals surface area contributed by atoms with Crippen LogP contribution < -0.4 is 0 Å². The SMILES string of the molecule is CCCCCC(CCCCC)CCOC(=O)CCCCCCCCCC(CCCCCCCCCC(=O)OCCC(CCCCC)CCCCC)CN1CCOCC1. The van der Waals surface area contributed by atoms with Crippen molar-refractivity contribution in [2.75, 3.05) is 46.1 Å². The zero-order valence-corrected chi connectivity index (χ0v) is 39.6. The summed E-state index contributed by atoms with van der Waals surface area (Å²) in [5.41, 5.74) is 0. The van der Waals surface area contributed by atoms with Gasteiger partial charge in [0.1, 0.15) is 0 Å². The number of hydrogen-bond acceptors (Lipinski definition) is 6. The molecule has 1 saturated heterocycles. The third-order valence-corrected chi connectivity index (χ3v) is 13.0. The van der Waals surface area contributed by atoms with E-state index in [1.807, 2.05) is 0 Å². The highest BCUT2D eigenvalue weighted by molar-refractivity contribution is 5.69. The van der Waals surface area contributed by atoms with E-state index in [0.717, 1.165) is 82.6 Å². The van der Waals surface area contributed by atoms with Crippen LogP contribution in [0.2, 0.25) is 0 Å². The molecule has 1 fully saturated rings. The predicted octanol–water partition coefficient (Wildman–Crippen LogP) is 15.4. The lowest BCUT2D eigenvalue weighted by Gasteiger charge is -2.30. The first-order valence-electron chi connectivity index (χ1n) is 26.1. The summed E-state index contributed by atoms with van der Waals surface area (Å²) in [5.74, 6) is 2.30. The number of ether oxygens (including phenoxy) is 3. The number of carbonyl (C=O) groups is 2. The van der Waals surface area contributed by atoms with Crippen molar-refractivity contribution in [3.05, 3.63) is 0 Å². The minimum absolute atomic E-state index is 0.0193. The first-order valence-corrected chi connectivity index (χ1v) is 26.1. The molecule has 58 heavy (non-hydrogen) atoms. The third-order valence-electron chi connectivity index (χ3n) is 13.0. The molecule has 0 aromatic carbocycles. The number of nitrogens with zero attached hydrogens (tertiary/aromatic N) is 1. The van der Waals surface area contributed by atoms with E-state index in [9.17, 15) is 9.59 Å². The lowest BCUT2D eigenvalue weighted by molar-refractivity contribution is -0.145. The van der Waals surface area contributed by atoms with E-state index >= 15 is 0 Å². The van der Waals surface area contributed by atoms with Gasteiger partial charge in [0, 0.05) is 32.5 Å². The van der Waals surface area contributed by atoms with Crippen LogP contribution in [-0.2, 0) is 23.8 Å². The highest BCUT2D eigenvalue weighted by atomic mass is 16.5. The molecular weight excluding hydrogens is 719 g/mol. The highest BCUT2D eigenvalue weighted by Crippen LogP contribution is 2.24. The molecule has 6 heteroatoms. The van der Waals surface area contributed by atoms with Crippen LogP contribution in [0.5, 0.6) is 0 Å². The molecule has 0 aromatic rings. The molecule has 0 aliphatic carbocycles. The zero-order chi connectivity index (χ0) is 42.0. The largest absolute Gasteiger partial charge is 0.466 e. The molecule has 0 aromatic heterocycles. The Morgan fingerprint density at radius 3 is 1.09 bits per heavy atom. The molecule has 0 saturated carbocycles. The minimum atomic E-state index is 0.0193. The molecule has 1 rings (SSSR count). The molecule has 1 aliphatic rings. The first-order chi connectivity index (χ1) is 28.5. The van der Waals surface area contributed by atoms with E-state index < -0.39 is 0 Å². The Kier molecular flexibility index (Phi) is 40.3. The van der Waals surface area contributed by atoms with Gasteiger partial charge in [0.2, 0.25) is 0 Å². The van der Waals surface area contributed by atoms with Crippen LogP contribution in [0.4, 0.5) is 0 Å². The third kappa shape index (κ3) is 35.6. The number of morpholine rings is 1. The number of hydrogen-bond donors (Lipinski definition) is 0. The normalized spacial score (nSPS) is 13.6. The number of rotatable bonds is 44. The van der Waals surface area contributed by atoms with Gasteiger partial charge in [-0.15, -0.1) is 0 Å². The second-order valence-electron chi connectivity index (χ2n) is 18.5. The van der Waals surface area contributed by atoms with Crippen LogP contribution in [0.1, 0.15) is 259 Å². The summed E-state index contributed by atoms with van der Waals surface area (Å²) in [5, 5.41) is 0. The zero-order valence-electron chi connectivity index (χ0n) is 39.6. The summed E-state index contributed by atoms with van der Waals surface area (Å²) >= 11 is 0. The van der Waals surface area contributed by atoms with Gasteiger partial charge in [-0.1, -0.05) is 207 Å². The van der Waals surface area contributed by atoms with Gasteiger partial charge in [-0.05, 0) is 56.3 Å². The summed E-state index contributed by atoms with van der Waals surface area (Å²) in [6.45, 7) is 15.5. The minimum Gasteiger partial charge on any atom is -0.466 e. The van der Waals surface area contributed by atoms with Crippen molar-refractivity contribution < 1.29 is 23.8 Å². The summed E-state index contributed by atoms with van der Waals surface area (Å²) in [6, 6.07) is 0. The van der Waals surface area contributed by atoms with Gasteiger partial charge in [0.25, 0.3) is 0 Å². The van der Waals surface area contributed by atoms with E-state index in [1.165, 1.54) is 186 Å². The van der Waals surface area contributed by atoms with Gasteiger partial charge in [-0.25, -0.2) is 0 Å². The topological polar surface area (TPSA) is 65.1 Å². The standard InChI is InChI=1S/C52H101NO5/c1-5-9-23-31-48(32-24-10-6-2)39-43-57-51(54)37-29-21-17-13-15-19-27-35-50(47-53-41-45-56-46-42-53)36-28-20-16-14-18-22-30-38-52(55)58-44-40-49(33-25-11-7-3)34-26-12-8-4/h48-50H,5-47H2,1-4H3. The Morgan fingerprint density at radius 1 is 0.414 bits per heavy atom. The van der Waals surface area contributed by atoms with Crippen molar-refractivity contribution in [1.29, 1.82) is 0 Å². The molecule has 0 N–H and O–H groups in total. The van der Waals surface area contributed by atoms with Gasteiger partial charge >= 0.3 is 11.9 Å². The second kappa shape index (κ2) is 42.5. The number of esters is 2. The lowest BCUT2D eigenvalue weighted by atomic mass is 9.92. The molecular formula is C52H101NO5. The van der Waals surface area contributed by atoms with Crippen LogP contribution in [0.15, 0.2) is 0 Å². The van der Waals surface area contributed by atoms with E-state index in [0.29, 0.717) is 26.1 Å². The van der Waals surface area contributed by atoms with E-state index in [1.54, 1.807) is 0 Å². The Balaban J connectivity index is 2.13. The molecule has 344 valence electrons. The van der Waals surface area contributed by atoms with E-state index in [4.69, 9.17) is 14.2 Å². The van der Waals surface area contributed by atoms with E-state index in [-0.39, 0.29) is 11.9 Å². The number of carbonyl (C=O) groups excluding carboxylic acids is 2. The number of unbranched alkanes of at least 4 members (excludes halogenated alkanes) is 20. The highest BCUT2D eigenvalue weighted by Gasteiger charge is 2.17. The quantitative estimate of drug-likeness (QED) is 0.0451. The fraction of sp³-hybridized carbons (Fsp3) is 0.962. The van der Waals surface area contributed by atoms with Crippen LogP contribution in [0, 0.1) is 17.8 Å². The van der Waals surface area contributed by atoms with Gasteiger partial charge < -0.3 is 14.2 Å². The fourth-order valence-corrected chi connectivity index (χ4v) is 9.07. The molecule has 0 spiro atoms. The molecule has 1 heterocycles. The van der Waals surface area contributed by atoms with Crippen molar-refractivity contribution in [3.63, 3.8) is 0 Å². The molecule has 0 amide bonds. The van der Waals surface area contributed by atoms with Crippen molar-refractivity contribution in [3.8, 4) is 0 Å². The van der Waals surface area contributed by atoms with Crippen LogP contribution in [-0.4, -0.2) is 62.9 Å². The van der Waals surface area contributed by atoms with Crippen molar-refractivity contribution in [2.24, 2.45) is 17.8 Å². The molecule has 0 bridgehead atoms. The molecule has 0 atom stereocenters. The maximum Gasteiger partial charge on any atom is 0.305 e. The Hall–Kier alpha value is -1.14. The predicted molar refractivity (Wildman–Crippen MR) is 249 cm³/mol. The monoisotopic (exact) mass is 820 g/mol. The summed E-state index contributed by atoms with van der Waals surface area (Å²) in [4.78, 5) is 27.4. The summed E-state index contributed by atoms with van der Waals surface area (Å²) in [6.07, 6.45) is 44.2. The molecule has 0 radical (unpaired) electrons. The summed E-state index contributed by atoms with van der Waals surface area (Å²) < 4.78 is 17.0. The molecule has 0 unspecified atom stereocenters. The molecule has 1 aliphatic heterocycles. The van der Waals surface area contributed by atoms with Gasteiger partial charge in [-0.2, -0.15) is 0 Å². The van der Waals surface area contributed by atoms with Gasteiger partial charge in [0.15, 0.2) is 0 Å². The maximum atomic E-state index is 12.4. The fourth-order valence-electron chi connectivity index (χ4n) is 9.07. The van der Waals surface area contributed by atoms with Crippen LogP contribution in [0.25, 0.3) is 0 Å². The lowest BCUT2D eigenvalue weighted by Crippen LogP contribution is -2.39. The Bertz CT molecular complexity index is 796. The van der Waals surface area contributed by atoms with Crippen molar-refractivity contribution >= 4 is 11.9 Å².